The highest BCUT2D eigenvalue weighted by Crippen LogP contribution is 2.17. The zero-order valence-electron chi connectivity index (χ0n) is 15.3. The Labute approximate surface area is 154 Å². The summed E-state index contributed by atoms with van der Waals surface area (Å²) in [7, 11) is -0.281. The third-order valence-corrected chi connectivity index (χ3v) is 5.90. The molecule has 0 unspecified atom stereocenters. The van der Waals surface area contributed by atoms with Crippen LogP contribution in [-0.4, -0.2) is 75.6 Å². The number of esters is 1. The highest BCUT2D eigenvalue weighted by atomic mass is 32.2. The monoisotopic (exact) mass is 383 g/mol. The van der Waals surface area contributed by atoms with Gasteiger partial charge in [0.1, 0.15) is 0 Å². The van der Waals surface area contributed by atoms with E-state index in [1.807, 2.05) is 4.90 Å². The van der Waals surface area contributed by atoms with Crippen molar-refractivity contribution in [2.75, 3.05) is 45.4 Å². The van der Waals surface area contributed by atoms with Gasteiger partial charge in [-0.2, -0.15) is 0 Å². The van der Waals surface area contributed by atoms with Crippen LogP contribution in [0.5, 0.6) is 0 Å². The van der Waals surface area contributed by atoms with Crippen molar-refractivity contribution in [3.63, 3.8) is 0 Å². The summed E-state index contributed by atoms with van der Waals surface area (Å²) in [6.45, 7) is 1.58. The van der Waals surface area contributed by atoms with Crippen molar-refractivity contribution in [1.29, 1.82) is 0 Å². The summed E-state index contributed by atoms with van der Waals surface area (Å²) in [4.78, 5) is 25.6. The topological polar surface area (TPSA) is 96.0 Å². The van der Waals surface area contributed by atoms with Gasteiger partial charge in [0.2, 0.25) is 15.9 Å². The van der Waals surface area contributed by atoms with Gasteiger partial charge in [-0.3, -0.25) is 9.69 Å². The number of piperidine rings is 1. The standard InChI is InChI=1S/C17H25N3O5S/c1-19(26(3,23)24)15-8-10-20(11-9-15)12-16(21)18-14-6-4-13(5-7-14)17(22)25-2/h4-7,15H,8-12H2,1-3H3,(H,18,21). The quantitative estimate of drug-likeness (QED) is 0.729. The number of amides is 1. The molecule has 0 saturated carbocycles. The predicted molar refractivity (Wildman–Crippen MR) is 98.5 cm³/mol. The zero-order valence-corrected chi connectivity index (χ0v) is 16.1. The van der Waals surface area contributed by atoms with E-state index < -0.39 is 16.0 Å². The third-order valence-electron chi connectivity index (χ3n) is 4.55. The fourth-order valence-corrected chi connectivity index (χ4v) is 3.68. The molecule has 0 radical (unpaired) electrons. The first-order chi connectivity index (χ1) is 12.2. The number of rotatable bonds is 6. The number of anilines is 1. The van der Waals surface area contributed by atoms with Gasteiger partial charge in [0.25, 0.3) is 0 Å². The van der Waals surface area contributed by atoms with E-state index in [1.165, 1.54) is 17.7 Å². The summed E-state index contributed by atoms with van der Waals surface area (Å²) in [5.74, 6) is -0.574. The SMILES string of the molecule is COC(=O)c1ccc(NC(=O)CN2CCC(N(C)S(C)(=O)=O)CC2)cc1. The molecule has 1 amide bonds. The average Bonchev–Trinajstić information content (AvgIpc) is 2.61. The van der Waals surface area contributed by atoms with E-state index >= 15 is 0 Å². The van der Waals surface area contributed by atoms with Gasteiger partial charge >= 0.3 is 5.97 Å². The van der Waals surface area contributed by atoms with Crippen LogP contribution in [0.25, 0.3) is 0 Å². The normalized spacial score (nSPS) is 16.5. The number of benzene rings is 1. The van der Waals surface area contributed by atoms with Crippen LogP contribution >= 0.6 is 0 Å². The average molecular weight is 383 g/mol. The molecular weight excluding hydrogens is 358 g/mol. The third kappa shape index (κ3) is 5.52. The van der Waals surface area contributed by atoms with Crippen molar-refractivity contribution in [2.45, 2.75) is 18.9 Å². The van der Waals surface area contributed by atoms with Crippen LogP contribution in [0.2, 0.25) is 0 Å². The molecule has 1 aromatic carbocycles. The highest BCUT2D eigenvalue weighted by Gasteiger charge is 2.27. The van der Waals surface area contributed by atoms with Gasteiger partial charge in [0.05, 0.1) is 25.5 Å². The van der Waals surface area contributed by atoms with Crippen molar-refractivity contribution >= 4 is 27.6 Å². The van der Waals surface area contributed by atoms with E-state index in [9.17, 15) is 18.0 Å². The van der Waals surface area contributed by atoms with Crippen LogP contribution < -0.4 is 5.32 Å². The summed E-state index contributed by atoms with van der Waals surface area (Å²) in [6, 6.07) is 6.46. The van der Waals surface area contributed by atoms with Gasteiger partial charge in [-0.05, 0) is 37.1 Å². The van der Waals surface area contributed by atoms with E-state index in [0.717, 1.165) is 0 Å². The number of ether oxygens (including phenoxy) is 1. The molecule has 0 aromatic heterocycles. The Bertz CT molecular complexity index is 740. The number of likely N-dealkylation sites (tertiary alicyclic amines) is 1. The Morgan fingerprint density at radius 2 is 1.81 bits per heavy atom. The van der Waals surface area contributed by atoms with Gasteiger partial charge in [0.15, 0.2) is 0 Å². The molecular formula is C17H25N3O5S. The summed E-state index contributed by atoms with van der Waals surface area (Å²) in [6.07, 6.45) is 2.60. The first-order valence-corrected chi connectivity index (χ1v) is 10.2. The second-order valence-electron chi connectivity index (χ2n) is 6.40. The smallest absolute Gasteiger partial charge is 0.337 e. The molecule has 1 N–H and O–H groups in total. The predicted octanol–water partition coefficient (Wildman–Crippen LogP) is 0.768. The van der Waals surface area contributed by atoms with Gasteiger partial charge in [-0.15, -0.1) is 0 Å². The molecule has 1 aliphatic rings. The van der Waals surface area contributed by atoms with E-state index in [0.29, 0.717) is 37.2 Å². The maximum atomic E-state index is 12.2. The molecule has 1 aliphatic heterocycles. The number of sulfonamides is 1. The minimum Gasteiger partial charge on any atom is -0.465 e. The number of carbonyl (C=O) groups excluding carboxylic acids is 2. The molecule has 9 heteroatoms. The van der Waals surface area contributed by atoms with Crippen LogP contribution in [-0.2, 0) is 19.6 Å². The van der Waals surface area contributed by atoms with Crippen molar-refractivity contribution in [3.8, 4) is 0 Å². The lowest BCUT2D eigenvalue weighted by Crippen LogP contribution is -2.47. The minimum atomic E-state index is -3.19. The number of nitrogens with one attached hydrogen (secondary N) is 1. The molecule has 0 aliphatic carbocycles. The Morgan fingerprint density at radius 3 is 2.31 bits per heavy atom. The molecule has 144 valence electrons. The molecule has 1 fully saturated rings. The lowest BCUT2D eigenvalue weighted by atomic mass is 10.1. The minimum absolute atomic E-state index is 0.0184. The van der Waals surface area contributed by atoms with Gasteiger partial charge in [0, 0.05) is 31.9 Å². The highest BCUT2D eigenvalue weighted by molar-refractivity contribution is 7.88. The van der Waals surface area contributed by atoms with E-state index in [-0.39, 0.29) is 18.5 Å². The van der Waals surface area contributed by atoms with Gasteiger partial charge < -0.3 is 10.1 Å². The number of methoxy groups -OCH3 is 1. The molecule has 8 nitrogen and oxygen atoms in total. The number of nitrogens with zero attached hydrogens (tertiary/aromatic N) is 2. The summed E-state index contributed by atoms with van der Waals surface area (Å²) >= 11 is 0. The van der Waals surface area contributed by atoms with E-state index in [4.69, 9.17) is 0 Å². The Balaban J connectivity index is 1.81. The lowest BCUT2D eigenvalue weighted by Gasteiger charge is -2.35. The Hall–Kier alpha value is -1.97. The molecule has 0 spiro atoms. The van der Waals surface area contributed by atoms with Crippen molar-refractivity contribution < 1.29 is 22.7 Å². The van der Waals surface area contributed by atoms with Gasteiger partial charge in [-0.1, -0.05) is 0 Å². The number of hydrogen-bond acceptors (Lipinski definition) is 6. The fourth-order valence-electron chi connectivity index (χ4n) is 2.92. The van der Waals surface area contributed by atoms with Crippen LogP contribution in [0.1, 0.15) is 23.2 Å². The molecule has 2 rings (SSSR count). The summed E-state index contributed by atoms with van der Waals surface area (Å²) < 4.78 is 29.2. The van der Waals surface area contributed by atoms with Crippen molar-refractivity contribution in [1.82, 2.24) is 9.21 Å². The lowest BCUT2D eigenvalue weighted by molar-refractivity contribution is -0.117. The Morgan fingerprint density at radius 1 is 1.23 bits per heavy atom. The molecule has 1 heterocycles. The van der Waals surface area contributed by atoms with Crippen molar-refractivity contribution in [3.05, 3.63) is 29.8 Å². The molecule has 26 heavy (non-hydrogen) atoms. The van der Waals surface area contributed by atoms with Crippen molar-refractivity contribution in [2.24, 2.45) is 0 Å². The molecule has 1 saturated heterocycles. The first-order valence-electron chi connectivity index (χ1n) is 8.34. The Kier molecular flexibility index (Phi) is 6.74. The zero-order chi connectivity index (χ0) is 19.3. The largest absolute Gasteiger partial charge is 0.465 e. The van der Waals surface area contributed by atoms with Gasteiger partial charge in [-0.25, -0.2) is 17.5 Å². The maximum absolute atomic E-state index is 12.2. The van der Waals surface area contributed by atoms with E-state index in [1.54, 1.807) is 31.3 Å². The number of carbonyl (C=O) groups is 2. The van der Waals surface area contributed by atoms with Crippen LogP contribution in [0.15, 0.2) is 24.3 Å². The van der Waals surface area contributed by atoms with Crippen LogP contribution in [0, 0.1) is 0 Å². The summed E-state index contributed by atoms with van der Waals surface area (Å²) in [5, 5.41) is 2.79. The molecule has 1 aromatic rings. The van der Waals surface area contributed by atoms with E-state index in [2.05, 4.69) is 10.1 Å². The number of hydrogen-bond donors (Lipinski definition) is 1. The molecule has 0 bridgehead atoms. The fraction of sp³-hybridized carbons (Fsp3) is 0.529. The van der Waals surface area contributed by atoms with Crippen LogP contribution in [0.4, 0.5) is 5.69 Å². The summed E-state index contributed by atoms with van der Waals surface area (Å²) in [5.41, 5.74) is 1.02. The second-order valence-corrected chi connectivity index (χ2v) is 8.45. The second kappa shape index (κ2) is 8.61. The maximum Gasteiger partial charge on any atom is 0.337 e. The van der Waals surface area contributed by atoms with Crippen LogP contribution in [0.3, 0.4) is 0 Å². The first kappa shape index (κ1) is 20.3. The molecule has 0 atom stereocenters.